The minimum absolute atomic E-state index is 0. The quantitative estimate of drug-likeness (QED) is 0.440. The Morgan fingerprint density at radius 3 is 2.48 bits per heavy atom. The van der Waals surface area contributed by atoms with E-state index in [1.54, 1.807) is 7.05 Å². The van der Waals surface area contributed by atoms with Gasteiger partial charge in [-0.25, -0.2) is 0 Å². The Hall–Kier alpha value is -0.490. The van der Waals surface area contributed by atoms with Crippen molar-refractivity contribution in [3.63, 3.8) is 0 Å². The summed E-state index contributed by atoms with van der Waals surface area (Å²) in [6.07, 6.45) is 2.40. The van der Waals surface area contributed by atoms with Gasteiger partial charge in [-0.1, -0.05) is 23.7 Å². The van der Waals surface area contributed by atoms with Gasteiger partial charge in [0.25, 0.3) is 0 Å². The topological polar surface area (TPSA) is 36.4 Å². The SMILES string of the molecule is CN=C(NCC1(c2cccc(Cl)c2)CC1)NC(C)(C)C.I. The molecule has 1 fully saturated rings. The molecule has 21 heavy (non-hydrogen) atoms. The third-order valence-electron chi connectivity index (χ3n) is 3.60. The predicted molar refractivity (Wildman–Crippen MR) is 102 cm³/mol. The molecule has 1 aliphatic carbocycles. The van der Waals surface area contributed by atoms with Crippen LogP contribution in [0.2, 0.25) is 5.02 Å². The summed E-state index contributed by atoms with van der Waals surface area (Å²) in [7, 11) is 1.81. The van der Waals surface area contributed by atoms with Gasteiger partial charge in [-0.15, -0.1) is 24.0 Å². The molecule has 2 rings (SSSR count). The molecule has 0 radical (unpaired) electrons. The number of benzene rings is 1. The monoisotopic (exact) mass is 421 g/mol. The Kier molecular flexibility index (Phi) is 6.35. The minimum Gasteiger partial charge on any atom is -0.356 e. The first-order chi connectivity index (χ1) is 9.35. The lowest BCUT2D eigenvalue weighted by molar-refractivity contribution is 0.497. The molecule has 0 amide bonds. The van der Waals surface area contributed by atoms with Crippen molar-refractivity contribution in [1.82, 2.24) is 10.6 Å². The van der Waals surface area contributed by atoms with Crippen molar-refractivity contribution in [2.45, 2.75) is 44.6 Å². The van der Waals surface area contributed by atoms with E-state index in [1.165, 1.54) is 18.4 Å². The number of nitrogens with zero attached hydrogens (tertiary/aromatic N) is 1. The van der Waals surface area contributed by atoms with Gasteiger partial charge >= 0.3 is 0 Å². The van der Waals surface area contributed by atoms with E-state index in [0.29, 0.717) is 0 Å². The van der Waals surface area contributed by atoms with Crippen molar-refractivity contribution < 1.29 is 0 Å². The highest BCUT2D eigenvalue weighted by Gasteiger charge is 2.44. The van der Waals surface area contributed by atoms with Gasteiger partial charge < -0.3 is 10.6 Å². The maximum Gasteiger partial charge on any atom is 0.191 e. The molecule has 0 aliphatic heterocycles. The molecule has 0 aromatic heterocycles. The average molecular weight is 422 g/mol. The molecule has 0 spiro atoms. The molecule has 0 saturated heterocycles. The fourth-order valence-corrected chi connectivity index (χ4v) is 2.51. The zero-order chi connectivity index (χ0) is 14.8. The van der Waals surface area contributed by atoms with E-state index >= 15 is 0 Å². The summed E-state index contributed by atoms with van der Waals surface area (Å²) in [5.41, 5.74) is 1.55. The number of nitrogens with one attached hydrogen (secondary N) is 2. The van der Waals surface area contributed by atoms with Crippen molar-refractivity contribution in [2.24, 2.45) is 4.99 Å². The number of hydrogen-bond donors (Lipinski definition) is 2. The summed E-state index contributed by atoms with van der Waals surface area (Å²) >= 11 is 6.10. The van der Waals surface area contributed by atoms with Gasteiger partial charge in [0, 0.05) is 29.6 Å². The van der Waals surface area contributed by atoms with Crippen molar-refractivity contribution in [3.8, 4) is 0 Å². The summed E-state index contributed by atoms with van der Waals surface area (Å²) in [6.45, 7) is 7.28. The van der Waals surface area contributed by atoms with E-state index < -0.39 is 0 Å². The van der Waals surface area contributed by atoms with Crippen molar-refractivity contribution in [2.75, 3.05) is 13.6 Å². The van der Waals surface area contributed by atoms with Crippen LogP contribution in [0.3, 0.4) is 0 Å². The van der Waals surface area contributed by atoms with Crippen molar-refractivity contribution >= 4 is 41.5 Å². The Balaban J connectivity index is 0.00000220. The van der Waals surface area contributed by atoms with Crippen molar-refractivity contribution in [1.29, 1.82) is 0 Å². The van der Waals surface area contributed by atoms with Gasteiger partial charge in [-0.2, -0.15) is 0 Å². The summed E-state index contributed by atoms with van der Waals surface area (Å²) in [5.74, 6) is 0.853. The summed E-state index contributed by atoms with van der Waals surface area (Å²) in [5, 5.41) is 7.64. The molecular weight excluding hydrogens is 397 g/mol. The molecule has 5 heteroatoms. The van der Waals surface area contributed by atoms with E-state index in [-0.39, 0.29) is 34.9 Å². The van der Waals surface area contributed by atoms with Gasteiger partial charge in [0.15, 0.2) is 5.96 Å². The Morgan fingerprint density at radius 2 is 2.00 bits per heavy atom. The zero-order valence-electron chi connectivity index (χ0n) is 13.2. The fourth-order valence-electron chi connectivity index (χ4n) is 2.32. The fraction of sp³-hybridized carbons (Fsp3) is 0.562. The number of halogens is 2. The van der Waals surface area contributed by atoms with Gasteiger partial charge in [-0.05, 0) is 51.3 Å². The first-order valence-corrected chi connectivity index (χ1v) is 7.47. The molecule has 3 nitrogen and oxygen atoms in total. The summed E-state index contributed by atoms with van der Waals surface area (Å²) in [6, 6.07) is 8.20. The van der Waals surface area contributed by atoms with Crippen LogP contribution in [-0.4, -0.2) is 25.1 Å². The summed E-state index contributed by atoms with van der Waals surface area (Å²) in [4.78, 5) is 4.28. The molecule has 1 saturated carbocycles. The van der Waals surface area contributed by atoms with E-state index in [2.05, 4.69) is 48.5 Å². The van der Waals surface area contributed by atoms with Crippen LogP contribution in [-0.2, 0) is 5.41 Å². The van der Waals surface area contributed by atoms with Crippen LogP contribution >= 0.6 is 35.6 Å². The molecule has 2 N–H and O–H groups in total. The Morgan fingerprint density at radius 1 is 1.33 bits per heavy atom. The third-order valence-corrected chi connectivity index (χ3v) is 3.84. The lowest BCUT2D eigenvalue weighted by Crippen LogP contribution is -2.49. The van der Waals surface area contributed by atoms with Crippen LogP contribution in [0.4, 0.5) is 0 Å². The standard InChI is InChI=1S/C16H24ClN3.HI/c1-15(2,3)20-14(18-4)19-11-16(8-9-16)12-6-5-7-13(17)10-12;/h5-7,10H,8-9,11H2,1-4H3,(H2,18,19,20);1H. The second kappa shape index (κ2) is 7.18. The van der Waals surface area contributed by atoms with E-state index in [1.807, 2.05) is 12.1 Å². The normalized spacial score (nSPS) is 16.9. The zero-order valence-corrected chi connectivity index (χ0v) is 16.3. The number of hydrogen-bond acceptors (Lipinski definition) is 1. The molecule has 1 aromatic carbocycles. The Labute approximate surface area is 150 Å². The van der Waals surface area contributed by atoms with E-state index in [9.17, 15) is 0 Å². The van der Waals surface area contributed by atoms with Crippen LogP contribution in [0.1, 0.15) is 39.2 Å². The largest absolute Gasteiger partial charge is 0.356 e. The van der Waals surface area contributed by atoms with Crippen LogP contribution < -0.4 is 10.6 Å². The number of guanidine groups is 1. The van der Waals surface area contributed by atoms with Gasteiger partial charge in [0.2, 0.25) is 0 Å². The lowest BCUT2D eigenvalue weighted by Gasteiger charge is -2.25. The molecule has 0 bridgehead atoms. The maximum absolute atomic E-state index is 6.10. The molecule has 1 aliphatic rings. The van der Waals surface area contributed by atoms with Crippen LogP contribution in [0.5, 0.6) is 0 Å². The molecule has 0 atom stereocenters. The van der Waals surface area contributed by atoms with Gasteiger partial charge in [0.1, 0.15) is 0 Å². The first-order valence-electron chi connectivity index (χ1n) is 7.10. The average Bonchev–Trinajstić information content (AvgIpc) is 3.14. The second-order valence-electron chi connectivity index (χ2n) is 6.59. The van der Waals surface area contributed by atoms with Gasteiger partial charge in [0.05, 0.1) is 0 Å². The van der Waals surface area contributed by atoms with E-state index in [4.69, 9.17) is 11.6 Å². The lowest BCUT2D eigenvalue weighted by atomic mass is 9.96. The van der Waals surface area contributed by atoms with Crippen LogP contribution in [0.25, 0.3) is 0 Å². The smallest absolute Gasteiger partial charge is 0.191 e. The second-order valence-corrected chi connectivity index (χ2v) is 7.03. The van der Waals surface area contributed by atoms with Crippen LogP contribution in [0.15, 0.2) is 29.3 Å². The molecule has 1 aromatic rings. The predicted octanol–water partition coefficient (Wildman–Crippen LogP) is 3.95. The molecule has 118 valence electrons. The van der Waals surface area contributed by atoms with Crippen LogP contribution in [0, 0.1) is 0 Å². The maximum atomic E-state index is 6.10. The number of rotatable bonds is 3. The molecule has 0 unspecified atom stereocenters. The highest BCUT2D eigenvalue weighted by atomic mass is 127. The highest BCUT2D eigenvalue weighted by Crippen LogP contribution is 2.48. The minimum atomic E-state index is 0. The number of aliphatic imine (C=N–C) groups is 1. The van der Waals surface area contributed by atoms with Gasteiger partial charge in [-0.3, -0.25) is 4.99 Å². The first kappa shape index (κ1) is 18.6. The third kappa shape index (κ3) is 5.33. The Bertz CT molecular complexity index is 504. The molecular formula is C16H25ClIN3. The van der Waals surface area contributed by atoms with Crippen molar-refractivity contribution in [3.05, 3.63) is 34.9 Å². The highest BCUT2D eigenvalue weighted by molar-refractivity contribution is 14.0. The summed E-state index contributed by atoms with van der Waals surface area (Å²) < 4.78 is 0. The van der Waals surface area contributed by atoms with E-state index in [0.717, 1.165) is 17.5 Å². The molecule has 0 heterocycles.